The van der Waals surface area contributed by atoms with E-state index in [1.165, 1.54) is 10.7 Å². The second-order valence-corrected chi connectivity index (χ2v) is 9.80. The molecule has 0 atom stereocenters. The first-order valence-electron chi connectivity index (χ1n) is 9.79. The summed E-state index contributed by atoms with van der Waals surface area (Å²) in [6, 6.07) is 6.52. The summed E-state index contributed by atoms with van der Waals surface area (Å²) in [4.78, 5) is 12.5. The predicted molar refractivity (Wildman–Crippen MR) is 105 cm³/mol. The fourth-order valence-corrected chi connectivity index (χ4v) is 5.46. The summed E-state index contributed by atoms with van der Waals surface area (Å²) in [6.07, 6.45) is 8.41. The van der Waals surface area contributed by atoms with Crippen LogP contribution in [0.5, 0.6) is 0 Å². The lowest BCUT2D eigenvalue weighted by molar-refractivity contribution is -0.129. The molecule has 0 unspecified atom stereocenters. The summed E-state index contributed by atoms with van der Waals surface area (Å²) in [7, 11) is -0.193. The first kappa shape index (κ1) is 20.3. The smallest absolute Gasteiger partial charge is 0.243 e. The van der Waals surface area contributed by atoms with Gasteiger partial charge in [-0.1, -0.05) is 19.3 Å². The van der Waals surface area contributed by atoms with Gasteiger partial charge in [0.1, 0.15) is 0 Å². The molecule has 0 saturated heterocycles. The van der Waals surface area contributed by atoms with Gasteiger partial charge in [0.25, 0.3) is 0 Å². The van der Waals surface area contributed by atoms with Gasteiger partial charge in [0.15, 0.2) is 0 Å². The van der Waals surface area contributed by atoms with E-state index < -0.39 is 10.0 Å². The predicted octanol–water partition coefficient (Wildman–Crippen LogP) is 3.54. The monoisotopic (exact) mass is 394 g/mol. The lowest BCUT2D eigenvalue weighted by Gasteiger charge is -2.39. The third-order valence-electron chi connectivity index (χ3n) is 6.08. The minimum Gasteiger partial charge on any atom is -0.378 e. The first-order valence-corrected chi connectivity index (χ1v) is 11.2. The molecule has 2 saturated carbocycles. The Morgan fingerprint density at radius 1 is 1.15 bits per heavy atom. The zero-order valence-electron chi connectivity index (χ0n) is 16.2. The third kappa shape index (κ3) is 4.52. The molecular formula is C20H30N2O4S. The maximum atomic E-state index is 12.9. The number of rotatable bonds is 7. The van der Waals surface area contributed by atoms with Crippen LogP contribution in [0.4, 0.5) is 5.69 Å². The Kier molecular flexibility index (Phi) is 6.23. The number of nitrogens with one attached hydrogen (secondary N) is 1. The number of sulfonamides is 1. The van der Waals surface area contributed by atoms with E-state index in [9.17, 15) is 13.2 Å². The second-order valence-electron chi connectivity index (χ2n) is 7.80. The molecule has 1 aromatic rings. The van der Waals surface area contributed by atoms with Gasteiger partial charge in [-0.3, -0.25) is 4.79 Å². The standard InChI is InChI=1S/C20H30N2O4S/c1-22(17-7-4-3-5-8-17)27(24,25)18-11-9-16(10-12-18)21-19(23)15-20(26-2)13-6-14-20/h9-12,17H,3-8,13-15H2,1-2H3,(H,21,23). The Balaban J connectivity index is 1.63. The van der Waals surface area contributed by atoms with Crippen molar-refractivity contribution in [1.29, 1.82) is 0 Å². The van der Waals surface area contributed by atoms with Crippen molar-refractivity contribution in [2.75, 3.05) is 19.5 Å². The first-order chi connectivity index (χ1) is 12.9. The quantitative estimate of drug-likeness (QED) is 0.767. The molecule has 6 nitrogen and oxygen atoms in total. The van der Waals surface area contributed by atoms with Crippen LogP contribution in [0.1, 0.15) is 57.8 Å². The molecule has 1 amide bonds. The molecule has 3 rings (SSSR count). The molecule has 0 aromatic heterocycles. The number of carbonyl (C=O) groups is 1. The second kappa shape index (κ2) is 8.29. The minimum atomic E-state index is -3.51. The van der Waals surface area contributed by atoms with Crippen molar-refractivity contribution in [2.24, 2.45) is 0 Å². The van der Waals surface area contributed by atoms with Crippen molar-refractivity contribution in [2.45, 2.75) is 74.3 Å². The third-order valence-corrected chi connectivity index (χ3v) is 8.01. The maximum absolute atomic E-state index is 12.9. The highest BCUT2D eigenvalue weighted by atomic mass is 32.2. The van der Waals surface area contributed by atoms with E-state index in [0.29, 0.717) is 12.1 Å². The number of carbonyl (C=O) groups excluding carboxylic acids is 1. The molecule has 0 heterocycles. The number of nitrogens with zero attached hydrogens (tertiary/aromatic N) is 1. The largest absolute Gasteiger partial charge is 0.378 e. The molecule has 2 aliphatic rings. The van der Waals surface area contributed by atoms with Crippen LogP contribution < -0.4 is 5.32 Å². The topological polar surface area (TPSA) is 75.7 Å². The van der Waals surface area contributed by atoms with Crippen LogP contribution in [-0.2, 0) is 19.6 Å². The Morgan fingerprint density at radius 2 is 1.78 bits per heavy atom. The summed E-state index contributed by atoms with van der Waals surface area (Å²) in [5.41, 5.74) is 0.278. The Morgan fingerprint density at radius 3 is 2.30 bits per heavy atom. The van der Waals surface area contributed by atoms with Gasteiger partial charge in [0.05, 0.1) is 16.9 Å². The van der Waals surface area contributed by atoms with Crippen LogP contribution in [0.2, 0.25) is 0 Å². The van der Waals surface area contributed by atoms with Crippen LogP contribution in [0.3, 0.4) is 0 Å². The van der Waals surface area contributed by atoms with Gasteiger partial charge >= 0.3 is 0 Å². The van der Waals surface area contributed by atoms with E-state index in [4.69, 9.17) is 4.74 Å². The number of benzene rings is 1. The molecule has 27 heavy (non-hydrogen) atoms. The molecule has 2 aliphatic carbocycles. The van der Waals surface area contributed by atoms with Crippen LogP contribution in [0.15, 0.2) is 29.2 Å². The fraction of sp³-hybridized carbons (Fsp3) is 0.650. The summed E-state index contributed by atoms with van der Waals surface area (Å²) >= 11 is 0. The summed E-state index contributed by atoms with van der Waals surface area (Å²) in [5, 5.41) is 2.84. The highest BCUT2D eigenvalue weighted by molar-refractivity contribution is 7.89. The molecular weight excluding hydrogens is 364 g/mol. The van der Waals surface area contributed by atoms with Crippen molar-refractivity contribution < 1.29 is 17.9 Å². The van der Waals surface area contributed by atoms with Crippen molar-refractivity contribution in [3.8, 4) is 0 Å². The van der Waals surface area contributed by atoms with Crippen molar-refractivity contribution in [3.05, 3.63) is 24.3 Å². The van der Waals surface area contributed by atoms with Gasteiger partial charge in [0, 0.05) is 25.9 Å². The SMILES string of the molecule is COC1(CC(=O)Nc2ccc(S(=O)(=O)N(C)C3CCCCC3)cc2)CCC1. The van der Waals surface area contributed by atoms with Gasteiger partial charge < -0.3 is 10.1 Å². The zero-order chi connectivity index (χ0) is 19.5. The molecule has 0 radical (unpaired) electrons. The summed E-state index contributed by atoms with van der Waals surface area (Å²) in [6.45, 7) is 0. The van der Waals surface area contributed by atoms with Gasteiger partial charge in [0.2, 0.25) is 15.9 Å². The Hall–Kier alpha value is -1.44. The highest BCUT2D eigenvalue weighted by Gasteiger charge is 2.39. The van der Waals surface area contributed by atoms with Crippen molar-refractivity contribution >= 4 is 21.6 Å². The molecule has 1 aromatic carbocycles. The van der Waals surface area contributed by atoms with E-state index in [1.54, 1.807) is 38.4 Å². The summed E-state index contributed by atoms with van der Waals surface area (Å²) < 4.78 is 32.7. The van der Waals surface area contributed by atoms with E-state index in [1.807, 2.05) is 0 Å². The van der Waals surface area contributed by atoms with Crippen LogP contribution in [-0.4, -0.2) is 44.4 Å². The molecule has 2 fully saturated rings. The molecule has 150 valence electrons. The number of anilines is 1. The number of hydrogen-bond donors (Lipinski definition) is 1. The molecule has 0 aliphatic heterocycles. The van der Waals surface area contributed by atoms with E-state index >= 15 is 0 Å². The average Bonchev–Trinajstić information content (AvgIpc) is 2.65. The Bertz CT molecular complexity index is 745. The van der Waals surface area contributed by atoms with Crippen molar-refractivity contribution in [1.82, 2.24) is 4.31 Å². The Labute approximate surface area is 162 Å². The van der Waals surface area contributed by atoms with Crippen molar-refractivity contribution in [3.63, 3.8) is 0 Å². The molecule has 1 N–H and O–H groups in total. The van der Waals surface area contributed by atoms with Gasteiger partial charge in [-0.05, 0) is 56.4 Å². The van der Waals surface area contributed by atoms with Crippen LogP contribution >= 0.6 is 0 Å². The van der Waals surface area contributed by atoms with Crippen LogP contribution in [0.25, 0.3) is 0 Å². The fourth-order valence-electron chi connectivity index (χ4n) is 4.04. The molecule has 0 spiro atoms. The number of methoxy groups -OCH3 is 1. The number of ether oxygens (including phenoxy) is 1. The van der Waals surface area contributed by atoms with Gasteiger partial charge in [-0.2, -0.15) is 4.31 Å². The molecule has 0 bridgehead atoms. The summed E-state index contributed by atoms with van der Waals surface area (Å²) in [5.74, 6) is -0.105. The maximum Gasteiger partial charge on any atom is 0.243 e. The van der Waals surface area contributed by atoms with E-state index in [0.717, 1.165) is 44.9 Å². The van der Waals surface area contributed by atoms with E-state index in [-0.39, 0.29) is 22.4 Å². The zero-order valence-corrected chi connectivity index (χ0v) is 17.1. The van der Waals surface area contributed by atoms with E-state index in [2.05, 4.69) is 5.32 Å². The van der Waals surface area contributed by atoms with Gasteiger partial charge in [-0.25, -0.2) is 8.42 Å². The molecule has 7 heteroatoms. The number of amides is 1. The van der Waals surface area contributed by atoms with Gasteiger partial charge in [-0.15, -0.1) is 0 Å². The average molecular weight is 395 g/mol. The number of hydrogen-bond acceptors (Lipinski definition) is 4. The normalized spacial score (nSPS) is 20.3. The lowest BCUT2D eigenvalue weighted by Crippen LogP contribution is -2.42. The minimum absolute atomic E-state index is 0.0795. The van der Waals surface area contributed by atoms with Crippen LogP contribution in [0, 0.1) is 0 Å². The lowest BCUT2D eigenvalue weighted by atomic mass is 9.77. The highest BCUT2D eigenvalue weighted by Crippen LogP contribution is 2.38.